The van der Waals surface area contributed by atoms with E-state index in [2.05, 4.69) is 25.4 Å². The molecule has 0 unspecified atom stereocenters. The van der Waals surface area contributed by atoms with Crippen molar-refractivity contribution in [1.82, 2.24) is 29.9 Å². The zero-order chi connectivity index (χ0) is 14.1. The first kappa shape index (κ1) is 12.2. The number of carbonyl (C=O) groups excluding carboxylic acids is 1. The SMILES string of the molecule is Cc1ncc(CNC(=O)c2cc3c(=O)[nH]ccn3n2)[nH]1. The summed E-state index contributed by atoms with van der Waals surface area (Å²) in [4.78, 5) is 33.1. The first-order valence-electron chi connectivity index (χ1n) is 5.99. The molecule has 0 bridgehead atoms. The molecule has 8 nitrogen and oxygen atoms in total. The first-order valence-corrected chi connectivity index (χ1v) is 5.99. The highest BCUT2D eigenvalue weighted by Gasteiger charge is 2.12. The summed E-state index contributed by atoms with van der Waals surface area (Å²) in [5.74, 6) is 0.439. The van der Waals surface area contributed by atoms with Crippen molar-refractivity contribution < 1.29 is 4.79 Å². The molecule has 3 aromatic heterocycles. The third-order valence-electron chi connectivity index (χ3n) is 2.83. The van der Waals surface area contributed by atoms with Gasteiger partial charge in [0.1, 0.15) is 11.3 Å². The normalized spacial score (nSPS) is 10.8. The fraction of sp³-hybridized carbons (Fsp3) is 0.167. The first-order chi connectivity index (χ1) is 9.63. The van der Waals surface area contributed by atoms with E-state index >= 15 is 0 Å². The molecule has 0 spiro atoms. The maximum absolute atomic E-state index is 12.0. The van der Waals surface area contributed by atoms with Gasteiger partial charge in [-0.1, -0.05) is 0 Å². The maximum Gasteiger partial charge on any atom is 0.273 e. The average molecular weight is 272 g/mol. The van der Waals surface area contributed by atoms with Gasteiger partial charge in [-0.3, -0.25) is 9.59 Å². The average Bonchev–Trinajstić information content (AvgIpc) is 3.03. The van der Waals surface area contributed by atoms with Crippen LogP contribution in [0, 0.1) is 6.92 Å². The van der Waals surface area contributed by atoms with E-state index in [1.54, 1.807) is 12.4 Å². The molecule has 3 rings (SSSR count). The van der Waals surface area contributed by atoms with E-state index in [1.807, 2.05) is 6.92 Å². The number of carbonyl (C=O) groups is 1. The van der Waals surface area contributed by atoms with Crippen LogP contribution in [0.4, 0.5) is 0 Å². The molecule has 0 atom stereocenters. The summed E-state index contributed by atoms with van der Waals surface area (Å²) < 4.78 is 1.37. The number of amides is 1. The lowest BCUT2D eigenvalue weighted by molar-refractivity contribution is 0.0945. The largest absolute Gasteiger partial charge is 0.345 e. The number of imidazole rings is 1. The van der Waals surface area contributed by atoms with Crippen molar-refractivity contribution >= 4 is 11.4 Å². The molecule has 1 amide bonds. The maximum atomic E-state index is 12.0. The molecule has 0 fully saturated rings. The van der Waals surface area contributed by atoms with E-state index in [0.717, 1.165) is 11.5 Å². The zero-order valence-electron chi connectivity index (χ0n) is 10.7. The molecule has 0 saturated heterocycles. The Bertz CT molecular complexity index is 828. The van der Waals surface area contributed by atoms with Gasteiger partial charge in [0.15, 0.2) is 5.69 Å². The van der Waals surface area contributed by atoms with Crippen LogP contribution in [0.15, 0.2) is 29.5 Å². The van der Waals surface area contributed by atoms with Crippen LogP contribution < -0.4 is 10.9 Å². The van der Waals surface area contributed by atoms with Gasteiger partial charge in [-0.2, -0.15) is 5.10 Å². The van der Waals surface area contributed by atoms with Crippen LogP contribution in [0.2, 0.25) is 0 Å². The summed E-state index contributed by atoms with van der Waals surface area (Å²) in [6.45, 7) is 2.16. The van der Waals surface area contributed by atoms with Crippen molar-refractivity contribution in [3.05, 3.63) is 52.2 Å². The number of hydrogen-bond donors (Lipinski definition) is 3. The number of rotatable bonds is 3. The molecule has 3 aromatic rings. The molecule has 3 N–H and O–H groups in total. The lowest BCUT2D eigenvalue weighted by atomic mass is 10.3. The minimum atomic E-state index is -0.347. The van der Waals surface area contributed by atoms with E-state index in [0.29, 0.717) is 12.1 Å². The number of nitrogens with zero attached hydrogens (tertiary/aromatic N) is 3. The molecule has 0 saturated carbocycles. The number of hydrogen-bond acceptors (Lipinski definition) is 4. The van der Waals surface area contributed by atoms with Gasteiger partial charge >= 0.3 is 0 Å². The smallest absolute Gasteiger partial charge is 0.273 e. The zero-order valence-corrected chi connectivity index (χ0v) is 10.7. The third-order valence-corrected chi connectivity index (χ3v) is 2.83. The third kappa shape index (κ3) is 2.18. The molecule has 0 aliphatic carbocycles. The molecular formula is C12H12N6O2. The number of fused-ring (bicyclic) bond motifs is 1. The van der Waals surface area contributed by atoms with Crippen LogP contribution in [-0.2, 0) is 6.54 Å². The molecular weight excluding hydrogens is 260 g/mol. The molecule has 0 aromatic carbocycles. The van der Waals surface area contributed by atoms with Crippen molar-refractivity contribution in [2.24, 2.45) is 0 Å². The summed E-state index contributed by atoms with van der Waals surface area (Å²) in [5, 5.41) is 6.76. The van der Waals surface area contributed by atoms with Crippen LogP contribution in [0.1, 0.15) is 22.0 Å². The molecule has 102 valence electrons. The Morgan fingerprint density at radius 2 is 2.35 bits per heavy atom. The van der Waals surface area contributed by atoms with Crippen LogP contribution in [0.25, 0.3) is 5.52 Å². The second-order valence-electron chi connectivity index (χ2n) is 4.33. The number of H-pyrrole nitrogens is 2. The van der Waals surface area contributed by atoms with Gasteiger partial charge in [0, 0.05) is 18.5 Å². The summed E-state index contributed by atoms with van der Waals surface area (Å²) in [6, 6.07) is 1.45. The molecule has 3 heterocycles. The Balaban J connectivity index is 1.78. The monoisotopic (exact) mass is 272 g/mol. The summed E-state index contributed by atoms with van der Waals surface area (Å²) >= 11 is 0. The van der Waals surface area contributed by atoms with Crippen LogP contribution >= 0.6 is 0 Å². The predicted octanol–water partition coefficient (Wildman–Crippen LogP) is -0.0159. The van der Waals surface area contributed by atoms with E-state index in [1.165, 1.54) is 16.8 Å². The second-order valence-corrected chi connectivity index (χ2v) is 4.33. The Morgan fingerprint density at radius 1 is 1.50 bits per heavy atom. The molecule has 0 radical (unpaired) electrons. The van der Waals surface area contributed by atoms with Gasteiger partial charge in [0.2, 0.25) is 0 Å². The quantitative estimate of drug-likeness (QED) is 0.622. The highest BCUT2D eigenvalue weighted by molar-refractivity contribution is 5.93. The highest BCUT2D eigenvalue weighted by Crippen LogP contribution is 2.02. The minimum absolute atomic E-state index is 0.193. The Hall–Kier alpha value is -2.90. The van der Waals surface area contributed by atoms with Crippen LogP contribution in [0.3, 0.4) is 0 Å². The van der Waals surface area contributed by atoms with E-state index in [-0.39, 0.29) is 17.2 Å². The number of aromatic nitrogens is 5. The second kappa shape index (κ2) is 4.65. The number of aromatic amines is 2. The van der Waals surface area contributed by atoms with Crippen LogP contribution in [0.5, 0.6) is 0 Å². The van der Waals surface area contributed by atoms with Crippen molar-refractivity contribution in [1.29, 1.82) is 0 Å². The standard InChI is InChI=1S/C12H12N6O2/c1-7-14-5-8(16-7)6-15-11(19)9-4-10-12(20)13-2-3-18(10)17-9/h2-5H,6H2,1H3,(H,13,20)(H,14,16)(H,15,19). The molecule has 0 aliphatic rings. The van der Waals surface area contributed by atoms with Gasteiger partial charge in [-0.15, -0.1) is 0 Å². The topological polar surface area (TPSA) is 108 Å². The predicted molar refractivity (Wildman–Crippen MR) is 70.3 cm³/mol. The summed E-state index contributed by atoms with van der Waals surface area (Å²) in [7, 11) is 0. The number of aryl methyl sites for hydroxylation is 1. The highest BCUT2D eigenvalue weighted by atomic mass is 16.2. The van der Waals surface area contributed by atoms with E-state index in [4.69, 9.17) is 0 Å². The lowest BCUT2D eigenvalue weighted by Gasteiger charge is -1.99. The van der Waals surface area contributed by atoms with Crippen molar-refractivity contribution in [3.63, 3.8) is 0 Å². The van der Waals surface area contributed by atoms with Gasteiger partial charge in [0.05, 0.1) is 18.4 Å². The Morgan fingerprint density at radius 3 is 3.05 bits per heavy atom. The summed E-state index contributed by atoms with van der Waals surface area (Å²) in [5.41, 5.74) is 1.04. The fourth-order valence-electron chi connectivity index (χ4n) is 1.87. The molecule has 8 heteroatoms. The van der Waals surface area contributed by atoms with Crippen LogP contribution in [-0.4, -0.2) is 30.5 Å². The lowest BCUT2D eigenvalue weighted by Crippen LogP contribution is -2.23. The van der Waals surface area contributed by atoms with Crippen molar-refractivity contribution in [2.75, 3.05) is 0 Å². The van der Waals surface area contributed by atoms with Gasteiger partial charge in [0.25, 0.3) is 11.5 Å². The summed E-state index contributed by atoms with van der Waals surface area (Å²) in [6.07, 6.45) is 4.70. The van der Waals surface area contributed by atoms with Crippen molar-refractivity contribution in [2.45, 2.75) is 13.5 Å². The van der Waals surface area contributed by atoms with Gasteiger partial charge in [-0.25, -0.2) is 9.50 Å². The van der Waals surface area contributed by atoms with Crippen molar-refractivity contribution in [3.8, 4) is 0 Å². The molecule has 0 aliphatic heterocycles. The molecule has 20 heavy (non-hydrogen) atoms. The van der Waals surface area contributed by atoms with Gasteiger partial charge in [-0.05, 0) is 6.92 Å². The minimum Gasteiger partial charge on any atom is -0.345 e. The van der Waals surface area contributed by atoms with E-state index < -0.39 is 0 Å². The van der Waals surface area contributed by atoms with Gasteiger partial charge < -0.3 is 15.3 Å². The Labute approximate surface area is 112 Å². The van der Waals surface area contributed by atoms with E-state index in [9.17, 15) is 9.59 Å². The Kier molecular flexibility index (Phi) is 2.82. The number of nitrogens with one attached hydrogen (secondary N) is 3. The fourth-order valence-corrected chi connectivity index (χ4v) is 1.87.